The number of methoxy groups -OCH3 is 1. The molecule has 3 aliphatic rings. The molecular formula is C54H71N7O10. The van der Waals surface area contributed by atoms with E-state index in [4.69, 9.17) is 9.47 Å². The van der Waals surface area contributed by atoms with E-state index in [0.717, 1.165) is 43.9 Å². The Hall–Kier alpha value is -6.11. The average molecular weight is 978 g/mol. The van der Waals surface area contributed by atoms with Crippen molar-refractivity contribution in [3.63, 3.8) is 0 Å². The Morgan fingerprint density at radius 3 is 2.45 bits per heavy atom. The molecule has 0 aliphatic carbocycles. The Labute approximate surface area is 416 Å². The van der Waals surface area contributed by atoms with Crippen molar-refractivity contribution in [3.8, 4) is 28.1 Å². The maximum atomic E-state index is 14.8. The van der Waals surface area contributed by atoms with Crippen LogP contribution >= 0.6 is 0 Å². The van der Waals surface area contributed by atoms with Crippen molar-refractivity contribution in [2.75, 3.05) is 61.0 Å². The maximum Gasteiger partial charge on any atom is 0.355 e. The first-order valence-corrected chi connectivity index (χ1v) is 24.5. The van der Waals surface area contributed by atoms with Gasteiger partial charge in [-0.05, 0) is 91.9 Å². The first-order valence-electron chi connectivity index (χ1n) is 24.5. The first-order chi connectivity index (χ1) is 33.6. The van der Waals surface area contributed by atoms with Gasteiger partial charge in [-0.15, -0.1) is 0 Å². The normalized spacial score (nSPS) is 22.2. The van der Waals surface area contributed by atoms with Gasteiger partial charge in [-0.25, -0.2) is 4.79 Å². The smallest absolute Gasteiger partial charge is 0.355 e. The number of esters is 1. The van der Waals surface area contributed by atoms with Crippen LogP contribution in [0.1, 0.15) is 70.6 Å². The molecule has 3 aromatic carbocycles. The molecule has 2 saturated heterocycles. The second kappa shape index (κ2) is 21.3. The maximum absolute atomic E-state index is 14.8. The number of hydrazine groups is 1. The van der Waals surface area contributed by atoms with Gasteiger partial charge in [0.1, 0.15) is 17.8 Å². The van der Waals surface area contributed by atoms with Crippen LogP contribution in [0.5, 0.6) is 5.75 Å². The lowest BCUT2D eigenvalue weighted by Gasteiger charge is -2.40. The number of β-amino-alcohol motifs (C(OH)–C–C–N with tert-alkyl or cyclic N) is 1. The van der Waals surface area contributed by atoms with Crippen molar-refractivity contribution in [2.24, 2.45) is 11.3 Å². The van der Waals surface area contributed by atoms with E-state index in [-0.39, 0.29) is 63.6 Å². The number of aliphatic hydroxyl groups is 2. The number of phenols is 1. The number of likely N-dealkylation sites (tertiary alicyclic amines) is 1. The van der Waals surface area contributed by atoms with Crippen LogP contribution in [0.3, 0.4) is 0 Å². The molecule has 4 amide bonds. The van der Waals surface area contributed by atoms with Crippen LogP contribution < -0.4 is 10.7 Å². The van der Waals surface area contributed by atoms with Gasteiger partial charge in [-0.1, -0.05) is 70.2 Å². The molecule has 17 nitrogen and oxygen atoms in total. The van der Waals surface area contributed by atoms with Gasteiger partial charge >= 0.3 is 5.97 Å². The predicted octanol–water partition coefficient (Wildman–Crippen LogP) is 4.38. The lowest BCUT2D eigenvalue weighted by Crippen LogP contribution is -2.67. The van der Waals surface area contributed by atoms with Gasteiger partial charge in [0.05, 0.1) is 25.5 Å². The van der Waals surface area contributed by atoms with E-state index in [0.29, 0.717) is 37.2 Å². The number of nitrogens with one attached hydrogen (secondary N) is 2. The number of fused-ring (bicyclic) bond motifs is 6. The molecule has 6 bridgehead atoms. The van der Waals surface area contributed by atoms with E-state index in [2.05, 4.69) is 40.4 Å². The minimum Gasteiger partial charge on any atom is -0.508 e. The molecule has 5 N–H and O–H groups in total. The van der Waals surface area contributed by atoms with E-state index >= 15 is 0 Å². The highest BCUT2D eigenvalue weighted by atomic mass is 16.6. The summed E-state index contributed by atoms with van der Waals surface area (Å²) in [6.07, 6.45) is 3.55. The largest absolute Gasteiger partial charge is 0.508 e. The number of benzene rings is 3. The average Bonchev–Trinajstić information content (AvgIpc) is 3.87. The molecule has 382 valence electrons. The number of aromatic nitrogens is 1. The van der Waals surface area contributed by atoms with Crippen LogP contribution in [-0.4, -0.2) is 154 Å². The third-order valence-corrected chi connectivity index (χ3v) is 13.8. The van der Waals surface area contributed by atoms with Crippen LogP contribution in [0, 0.1) is 11.3 Å². The molecule has 17 heteroatoms. The number of ether oxygens (including phenoxy) is 2. The highest BCUT2D eigenvalue weighted by Crippen LogP contribution is 2.42. The molecule has 4 atom stereocenters. The molecule has 0 saturated carbocycles. The Morgan fingerprint density at radius 1 is 1.00 bits per heavy atom. The summed E-state index contributed by atoms with van der Waals surface area (Å²) in [4.78, 5) is 75.1. The van der Waals surface area contributed by atoms with Crippen molar-refractivity contribution in [1.82, 2.24) is 35.0 Å². The number of nitrogens with zero attached hydrogens (tertiary/aromatic N) is 5. The van der Waals surface area contributed by atoms with Gasteiger partial charge in [-0.2, -0.15) is 5.43 Å². The van der Waals surface area contributed by atoms with E-state index in [9.17, 15) is 39.3 Å². The highest BCUT2D eigenvalue weighted by Gasteiger charge is 2.49. The summed E-state index contributed by atoms with van der Waals surface area (Å²) in [5, 5.41) is 39.9. The summed E-state index contributed by atoms with van der Waals surface area (Å²) < 4.78 is 13.9. The molecular weight excluding hydrogens is 907 g/mol. The fraction of sp³-hybridized carbons (Fsp3) is 0.500. The minimum atomic E-state index is -2.29. The second-order valence-corrected chi connectivity index (χ2v) is 20.8. The summed E-state index contributed by atoms with van der Waals surface area (Å²) in [6.45, 7) is 11.0. The van der Waals surface area contributed by atoms with Crippen molar-refractivity contribution in [1.29, 1.82) is 0 Å². The Bertz CT molecular complexity index is 2690. The molecule has 1 aromatic heterocycles. The van der Waals surface area contributed by atoms with Gasteiger partial charge in [0, 0.05) is 87.6 Å². The number of amides is 4. The molecule has 7 rings (SSSR count). The topological polar surface area (TPSA) is 206 Å². The minimum absolute atomic E-state index is 0.0392. The molecule has 0 spiro atoms. The fourth-order valence-electron chi connectivity index (χ4n) is 10.3. The third kappa shape index (κ3) is 11.3. The predicted molar refractivity (Wildman–Crippen MR) is 269 cm³/mol. The fourth-order valence-corrected chi connectivity index (χ4v) is 10.3. The van der Waals surface area contributed by atoms with E-state index < -0.39 is 58.4 Å². The van der Waals surface area contributed by atoms with Gasteiger partial charge in [0.15, 0.2) is 5.60 Å². The number of hydrogen-bond donors (Lipinski definition) is 5. The van der Waals surface area contributed by atoms with Crippen LogP contribution in [0.2, 0.25) is 0 Å². The first kappa shape index (κ1) is 52.7. The van der Waals surface area contributed by atoms with Crippen LogP contribution in [0.15, 0.2) is 72.8 Å². The van der Waals surface area contributed by atoms with E-state index in [1.165, 1.54) is 29.0 Å². The zero-order valence-corrected chi connectivity index (χ0v) is 42.6. The number of cyclic esters (lactones) is 1. The number of aromatic hydroxyl groups is 1. The lowest BCUT2D eigenvalue weighted by molar-refractivity contribution is -0.189. The Morgan fingerprint density at radius 2 is 1.75 bits per heavy atom. The van der Waals surface area contributed by atoms with E-state index in [1.54, 1.807) is 33.1 Å². The number of rotatable bonds is 12. The summed E-state index contributed by atoms with van der Waals surface area (Å²) in [5.41, 5.74) is 4.76. The number of aryl methyl sites for hydroxylation is 1. The molecule has 4 aromatic rings. The monoisotopic (exact) mass is 978 g/mol. The second-order valence-electron chi connectivity index (χ2n) is 20.8. The summed E-state index contributed by atoms with van der Waals surface area (Å²) in [7, 11) is 6.82. The van der Waals surface area contributed by atoms with Crippen molar-refractivity contribution < 1.29 is 48.8 Å². The van der Waals surface area contributed by atoms with Crippen LogP contribution in [0.25, 0.3) is 33.3 Å². The van der Waals surface area contributed by atoms with Gasteiger partial charge in [0.2, 0.25) is 17.5 Å². The molecule has 0 unspecified atom stereocenters. The van der Waals surface area contributed by atoms with E-state index in [1.807, 2.05) is 63.2 Å². The SMILES string of the molecule is CCn1c(-c2ccccc2COC)c2c3cc(ccc31)-c1cc(O)cc(c1)C[C@H](NC(=O)[C@H](C(C)C)N(C)C(=O)[C@@]1(O)CCN(C(=O)/C=C/CN(C)C)C1)C(=O)N1CCC[C@@](O)(N1)C(=O)OCC(C)(C)C2. The summed E-state index contributed by atoms with van der Waals surface area (Å²) in [6, 6.07) is 16.7. The van der Waals surface area contributed by atoms with Crippen molar-refractivity contribution in [2.45, 2.75) is 103 Å². The number of phenolic OH excluding ortho intramolecular Hbond substituents is 1. The van der Waals surface area contributed by atoms with Crippen molar-refractivity contribution >= 4 is 40.5 Å². The number of likely N-dealkylation sites (N-methyl/N-ethyl adjacent to an activating group) is 2. The van der Waals surface area contributed by atoms with Gasteiger partial charge in [-0.3, -0.25) is 24.2 Å². The number of hydrogen-bond acceptors (Lipinski definition) is 12. The standard InChI is InChI=1S/C54H71N7O10/c1-10-60-44-19-18-36-29-41(44)42(47(60)40-16-12-11-15-37(40)31-70-9)30-52(4,5)33-71-51(67)54(69)20-14-23-61(56-54)49(65)43(27-35-25-38(36)28-39(62)26-35)55-48(64)46(34(2)3)58(8)50(66)53(68)21-24-59(32-53)45(63)17-13-22-57(6)7/h11-13,15-19,25-26,28-29,34,43,46,56,62,68-69H,10,14,20-24,27,30-33H2,1-9H3,(H,55,64)/b17-13+/t43-,46-,53+,54-/m0/s1. The summed E-state index contributed by atoms with van der Waals surface area (Å²) in [5.74, 6) is -4.04. The lowest BCUT2D eigenvalue weighted by atomic mass is 9.84. The number of carbonyl (C=O) groups is 5. The Kier molecular flexibility index (Phi) is 15.8. The zero-order valence-electron chi connectivity index (χ0n) is 42.6. The quantitative estimate of drug-likeness (QED) is 0.0992. The number of carbonyl (C=O) groups excluding carboxylic acids is 5. The molecule has 71 heavy (non-hydrogen) atoms. The Balaban J connectivity index is 1.28. The molecule has 3 aliphatic heterocycles. The van der Waals surface area contributed by atoms with Gasteiger partial charge in [0.25, 0.3) is 11.8 Å². The van der Waals surface area contributed by atoms with Crippen LogP contribution in [0.4, 0.5) is 0 Å². The molecule has 2 fully saturated rings. The van der Waals surface area contributed by atoms with Crippen LogP contribution in [-0.2, 0) is 59.4 Å². The third-order valence-electron chi connectivity index (χ3n) is 13.8. The zero-order chi connectivity index (χ0) is 51.6. The van der Waals surface area contributed by atoms with Gasteiger partial charge < -0.3 is 49.4 Å². The molecule has 4 heterocycles. The van der Waals surface area contributed by atoms with Crippen molar-refractivity contribution in [3.05, 3.63) is 89.5 Å². The summed E-state index contributed by atoms with van der Waals surface area (Å²) >= 11 is 0. The highest BCUT2D eigenvalue weighted by molar-refractivity contribution is 5.97. The molecule has 0 radical (unpaired) electrons.